The van der Waals surface area contributed by atoms with Crippen molar-refractivity contribution < 1.29 is 5.11 Å². The summed E-state index contributed by atoms with van der Waals surface area (Å²) in [5.74, 6) is 0.385. The zero-order chi connectivity index (χ0) is 9.59. The van der Waals surface area contributed by atoms with Crippen LogP contribution in [0.2, 0.25) is 0 Å². The number of benzene rings is 1. The summed E-state index contributed by atoms with van der Waals surface area (Å²) in [6.07, 6.45) is 0.788. The van der Waals surface area contributed by atoms with Crippen molar-refractivity contribution in [3.8, 4) is 0 Å². The van der Waals surface area contributed by atoms with E-state index in [1.165, 1.54) is 16.7 Å². The number of hydrogen-bond donors (Lipinski definition) is 1. The lowest BCUT2D eigenvalue weighted by Crippen LogP contribution is -2.01. The van der Waals surface area contributed by atoms with E-state index in [2.05, 4.69) is 32.9 Å². The molecular weight excluding hydrogens is 160 g/mol. The average Bonchev–Trinajstić information content (AvgIpc) is 2.32. The summed E-state index contributed by atoms with van der Waals surface area (Å²) in [5, 5.41) is 9.90. The van der Waals surface area contributed by atoms with Gasteiger partial charge in [-0.3, -0.25) is 0 Å². The molecule has 0 amide bonds. The highest BCUT2D eigenvalue weighted by molar-refractivity contribution is 5.43. The number of aliphatic hydroxyl groups is 1. The van der Waals surface area contributed by atoms with Crippen molar-refractivity contribution in [3.05, 3.63) is 34.4 Å². The number of fused-ring (bicyclic) bond motifs is 1. The highest BCUT2D eigenvalue weighted by Gasteiger charge is 2.28. The molecule has 0 bridgehead atoms. The maximum atomic E-state index is 9.90. The van der Waals surface area contributed by atoms with Crippen LogP contribution >= 0.6 is 0 Å². The third-order valence-corrected chi connectivity index (χ3v) is 3.04. The number of aliphatic hydroxyl groups excluding tert-OH is 1. The van der Waals surface area contributed by atoms with Crippen molar-refractivity contribution in [2.45, 2.75) is 33.3 Å². The van der Waals surface area contributed by atoms with E-state index < -0.39 is 0 Å². The molecule has 0 aromatic heterocycles. The van der Waals surface area contributed by atoms with Crippen molar-refractivity contribution in [3.63, 3.8) is 0 Å². The maximum absolute atomic E-state index is 9.90. The summed E-state index contributed by atoms with van der Waals surface area (Å²) in [5.41, 5.74) is 5.11. The van der Waals surface area contributed by atoms with Gasteiger partial charge in [0.25, 0.3) is 0 Å². The predicted molar refractivity (Wildman–Crippen MR) is 53.7 cm³/mol. The largest absolute Gasteiger partial charge is 0.388 e. The van der Waals surface area contributed by atoms with Gasteiger partial charge in [-0.1, -0.05) is 24.6 Å². The molecule has 1 heteroatoms. The van der Waals surface area contributed by atoms with Gasteiger partial charge in [0.2, 0.25) is 0 Å². The first-order chi connectivity index (χ1) is 6.09. The third-order valence-electron chi connectivity index (χ3n) is 3.04. The quantitative estimate of drug-likeness (QED) is 0.644. The van der Waals surface area contributed by atoms with Gasteiger partial charge in [-0.2, -0.15) is 0 Å². The Labute approximate surface area is 79.4 Å². The summed E-state index contributed by atoms with van der Waals surface area (Å²) in [6.45, 7) is 6.33. The van der Waals surface area contributed by atoms with Crippen molar-refractivity contribution in [2.75, 3.05) is 0 Å². The highest BCUT2D eigenvalue weighted by atomic mass is 16.3. The Bertz CT molecular complexity index is 341. The Kier molecular flexibility index (Phi) is 1.92. The fourth-order valence-corrected chi connectivity index (χ4v) is 2.31. The molecule has 1 N–H and O–H groups in total. The minimum atomic E-state index is -0.242. The summed E-state index contributed by atoms with van der Waals surface area (Å²) >= 11 is 0. The monoisotopic (exact) mass is 176 g/mol. The first-order valence-corrected chi connectivity index (χ1v) is 4.87. The Morgan fingerprint density at radius 2 is 2.00 bits per heavy atom. The molecular formula is C12H16O. The molecule has 0 heterocycles. The lowest BCUT2D eigenvalue weighted by atomic mass is 10.0. The molecule has 2 rings (SSSR count). The smallest absolute Gasteiger partial charge is 0.0821 e. The fraction of sp³-hybridized carbons (Fsp3) is 0.500. The van der Waals surface area contributed by atoms with Crippen LogP contribution in [0.1, 0.15) is 35.3 Å². The van der Waals surface area contributed by atoms with E-state index in [4.69, 9.17) is 0 Å². The van der Waals surface area contributed by atoms with Crippen LogP contribution in [0.4, 0.5) is 0 Å². The van der Waals surface area contributed by atoms with Gasteiger partial charge >= 0.3 is 0 Å². The average molecular weight is 176 g/mol. The van der Waals surface area contributed by atoms with Crippen molar-refractivity contribution in [1.29, 1.82) is 0 Å². The highest BCUT2D eigenvalue weighted by Crippen LogP contribution is 2.37. The summed E-state index contributed by atoms with van der Waals surface area (Å²) in [6, 6.07) is 4.32. The summed E-state index contributed by atoms with van der Waals surface area (Å²) in [4.78, 5) is 0. The topological polar surface area (TPSA) is 20.2 Å². The minimum Gasteiger partial charge on any atom is -0.388 e. The van der Waals surface area contributed by atoms with Crippen LogP contribution in [0, 0.1) is 19.8 Å². The molecule has 0 radical (unpaired) electrons. The Morgan fingerprint density at radius 3 is 2.69 bits per heavy atom. The Hall–Kier alpha value is -0.820. The first kappa shape index (κ1) is 8.76. The molecule has 0 fully saturated rings. The standard InChI is InChI=1S/C12H16O/c1-7-4-8(2)10-6-9(3)12(13)11(10)5-7/h4-5,9,12-13H,6H2,1-3H3. The second-order valence-electron chi connectivity index (χ2n) is 4.28. The van der Waals surface area contributed by atoms with E-state index in [1.54, 1.807) is 0 Å². The molecule has 0 saturated carbocycles. The van der Waals surface area contributed by atoms with Gasteiger partial charge in [-0.15, -0.1) is 0 Å². The van der Waals surface area contributed by atoms with Gasteiger partial charge in [0.05, 0.1) is 6.10 Å². The third kappa shape index (κ3) is 1.28. The van der Waals surface area contributed by atoms with Crippen molar-refractivity contribution >= 4 is 0 Å². The Morgan fingerprint density at radius 1 is 1.31 bits per heavy atom. The number of rotatable bonds is 0. The molecule has 70 valence electrons. The molecule has 1 aliphatic carbocycles. The van der Waals surface area contributed by atoms with Crippen LogP contribution in [0.3, 0.4) is 0 Å². The molecule has 0 aliphatic heterocycles. The second kappa shape index (κ2) is 2.85. The van der Waals surface area contributed by atoms with Gasteiger partial charge in [0.1, 0.15) is 0 Å². The molecule has 1 nitrogen and oxygen atoms in total. The van der Waals surface area contributed by atoms with E-state index in [0.717, 1.165) is 12.0 Å². The van der Waals surface area contributed by atoms with Gasteiger partial charge in [0.15, 0.2) is 0 Å². The van der Waals surface area contributed by atoms with Crippen LogP contribution in [0.25, 0.3) is 0 Å². The van der Waals surface area contributed by atoms with Gasteiger partial charge in [-0.25, -0.2) is 0 Å². The van der Waals surface area contributed by atoms with Crippen LogP contribution in [-0.2, 0) is 6.42 Å². The van der Waals surface area contributed by atoms with Crippen LogP contribution < -0.4 is 0 Å². The summed E-state index contributed by atoms with van der Waals surface area (Å²) in [7, 11) is 0. The second-order valence-corrected chi connectivity index (χ2v) is 4.28. The van der Waals surface area contributed by atoms with Gasteiger partial charge < -0.3 is 5.11 Å². The van der Waals surface area contributed by atoms with Crippen LogP contribution in [0.5, 0.6) is 0 Å². The van der Waals surface area contributed by atoms with E-state index >= 15 is 0 Å². The molecule has 2 unspecified atom stereocenters. The lowest BCUT2D eigenvalue weighted by Gasteiger charge is -2.09. The maximum Gasteiger partial charge on any atom is 0.0821 e. The first-order valence-electron chi connectivity index (χ1n) is 4.87. The molecule has 1 aliphatic rings. The van der Waals surface area contributed by atoms with E-state index in [-0.39, 0.29) is 6.10 Å². The van der Waals surface area contributed by atoms with Gasteiger partial charge in [0, 0.05) is 0 Å². The number of aryl methyl sites for hydroxylation is 2. The predicted octanol–water partition coefficient (Wildman–Crippen LogP) is 2.53. The lowest BCUT2D eigenvalue weighted by molar-refractivity contribution is 0.133. The van der Waals surface area contributed by atoms with Gasteiger partial charge in [-0.05, 0) is 42.9 Å². The fourth-order valence-electron chi connectivity index (χ4n) is 2.31. The normalized spacial score (nSPS) is 26.2. The molecule has 13 heavy (non-hydrogen) atoms. The van der Waals surface area contributed by atoms with E-state index in [1.807, 2.05) is 0 Å². The van der Waals surface area contributed by atoms with Crippen LogP contribution in [-0.4, -0.2) is 5.11 Å². The molecule has 0 saturated heterocycles. The number of hydrogen-bond acceptors (Lipinski definition) is 1. The SMILES string of the molecule is Cc1cc(C)c2c(c1)C(O)C(C)C2. The molecule has 2 atom stereocenters. The van der Waals surface area contributed by atoms with Crippen molar-refractivity contribution in [2.24, 2.45) is 5.92 Å². The zero-order valence-electron chi connectivity index (χ0n) is 8.46. The van der Waals surface area contributed by atoms with E-state index in [0.29, 0.717) is 5.92 Å². The molecule has 1 aromatic rings. The van der Waals surface area contributed by atoms with Crippen LogP contribution in [0.15, 0.2) is 12.1 Å². The molecule has 1 aromatic carbocycles. The summed E-state index contributed by atoms with van der Waals surface area (Å²) < 4.78 is 0. The van der Waals surface area contributed by atoms with E-state index in [9.17, 15) is 5.11 Å². The van der Waals surface area contributed by atoms with Crippen molar-refractivity contribution in [1.82, 2.24) is 0 Å². The molecule has 0 spiro atoms. The minimum absolute atomic E-state index is 0.242. The zero-order valence-corrected chi connectivity index (χ0v) is 8.46. The Balaban J connectivity index is 2.57.